The number of hydrogen-bond acceptors (Lipinski definition) is 3. The summed E-state index contributed by atoms with van der Waals surface area (Å²) in [5, 5.41) is 0. The van der Waals surface area contributed by atoms with Gasteiger partial charge in [0, 0.05) is 31.6 Å². The number of rotatable bonds is 0. The number of nitrogens with two attached hydrogens (primary N) is 1. The third-order valence-electron chi connectivity index (χ3n) is 2.62. The topological polar surface area (TPSA) is 78.7 Å². The van der Waals surface area contributed by atoms with Gasteiger partial charge in [0.15, 0.2) is 0 Å². The number of hydrazine groups is 1. The molecule has 16 heavy (non-hydrogen) atoms. The van der Waals surface area contributed by atoms with Crippen LogP contribution in [0.25, 0.3) is 0 Å². The van der Waals surface area contributed by atoms with Crippen LogP contribution in [0.15, 0.2) is 0 Å². The minimum atomic E-state index is -0.363. The van der Waals surface area contributed by atoms with E-state index in [1.165, 1.54) is 0 Å². The van der Waals surface area contributed by atoms with Gasteiger partial charge in [0.1, 0.15) is 0 Å². The average Bonchev–Trinajstić information content (AvgIpc) is 2.26. The summed E-state index contributed by atoms with van der Waals surface area (Å²) in [6.07, 6.45) is 0. The lowest BCUT2D eigenvalue weighted by molar-refractivity contribution is -0.140. The van der Waals surface area contributed by atoms with Gasteiger partial charge >= 0.3 is 6.03 Å². The van der Waals surface area contributed by atoms with Crippen LogP contribution in [-0.2, 0) is 4.79 Å². The van der Waals surface area contributed by atoms with Gasteiger partial charge in [0.2, 0.25) is 5.91 Å². The molecule has 0 aromatic rings. The minimum Gasteiger partial charge on any atom is -0.339 e. The Labute approximate surface area is 95.7 Å². The summed E-state index contributed by atoms with van der Waals surface area (Å²) in [7, 11) is 0. The van der Waals surface area contributed by atoms with E-state index in [2.05, 4.69) is 5.43 Å². The van der Waals surface area contributed by atoms with Crippen LogP contribution in [0, 0.1) is 5.41 Å². The first-order valence-electron chi connectivity index (χ1n) is 5.41. The Kier molecular flexibility index (Phi) is 3.74. The summed E-state index contributed by atoms with van der Waals surface area (Å²) in [6.45, 7) is 7.90. The van der Waals surface area contributed by atoms with Crippen LogP contribution < -0.4 is 11.3 Å². The second-order valence-electron chi connectivity index (χ2n) is 4.98. The Morgan fingerprint density at radius 3 is 1.88 bits per heavy atom. The SMILES string of the molecule is CC(C)(C)C(=O)N1CCN(C(=O)NN)CC1. The van der Waals surface area contributed by atoms with E-state index < -0.39 is 0 Å². The second kappa shape index (κ2) is 4.69. The van der Waals surface area contributed by atoms with Crippen molar-refractivity contribution in [1.82, 2.24) is 15.2 Å². The summed E-state index contributed by atoms with van der Waals surface area (Å²) >= 11 is 0. The number of urea groups is 1. The maximum absolute atomic E-state index is 11.9. The van der Waals surface area contributed by atoms with Crippen LogP contribution in [0.3, 0.4) is 0 Å². The maximum Gasteiger partial charge on any atom is 0.331 e. The summed E-state index contributed by atoms with van der Waals surface area (Å²) in [5.41, 5.74) is 1.73. The quantitative estimate of drug-likeness (QED) is 0.341. The zero-order chi connectivity index (χ0) is 12.3. The number of amides is 3. The molecule has 3 N–H and O–H groups in total. The Morgan fingerprint density at radius 2 is 1.50 bits per heavy atom. The van der Waals surface area contributed by atoms with Gasteiger partial charge in [-0.25, -0.2) is 10.6 Å². The van der Waals surface area contributed by atoms with E-state index >= 15 is 0 Å². The van der Waals surface area contributed by atoms with Crippen molar-refractivity contribution in [3.05, 3.63) is 0 Å². The van der Waals surface area contributed by atoms with Crippen LogP contribution in [0.4, 0.5) is 4.79 Å². The van der Waals surface area contributed by atoms with Gasteiger partial charge in [-0.1, -0.05) is 20.8 Å². The lowest BCUT2D eigenvalue weighted by Gasteiger charge is -2.37. The molecule has 0 unspecified atom stereocenters. The molecule has 92 valence electrons. The molecule has 0 radical (unpaired) electrons. The zero-order valence-corrected chi connectivity index (χ0v) is 10.1. The van der Waals surface area contributed by atoms with E-state index in [0.29, 0.717) is 26.2 Å². The lowest BCUT2D eigenvalue weighted by atomic mass is 9.94. The van der Waals surface area contributed by atoms with Gasteiger partial charge in [-0.15, -0.1) is 0 Å². The van der Waals surface area contributed by atoms with E-state index in [-0.39, 0.29) is 17.4 Å². The smallest absolute Gasteiger partial charge is 0.331 e. The molecule has 3 amide bonds. The van der Waals surface area contributed by atoms with Crippen molar-refractivity contribution in [3.63, 3.8) is 0 Å². The average molecular weight is 228 g/mol. The first kappa shape index (κ1) is 12.8. The highest BCUT2D eigenvalue weighted by atomic mass is 16.2. The minimum absolute atomic E-state index is 0.125. The van der Waals surface area contributed by atoms with Crippen molar-refractivity contribution in [3.8, 4) is 0 Å². The van der Waals surface area contributed by atoms with Crippen LogP contribution >= 0.6 is 0 Å². The highest BCUT2D eigenvalue weighted by Gasteiger charge is 2.30. The zero-order valence-electron chi connectivity index (χ0n) is 10.1. The fourth-order valence-corrected chi connectivity index (χ4v) is 1.68. The Bertz CT molecular complexity index is 277. The van der Waals surface area contributed by atoms with Crippen LogP contribution in [0.5, 0.6) is 0 Å². The van der Waals surface area contributed by atoms with Gasteiger partial charge in [0.25, 0.3) is 0 Å². The van der Waals surface area contributed by atoms with Crippen LogP contribution in [-0.4, -0.2) is 47.9 Å². The normalized spacial score (nSPS) is 17.2. The molecule has 1 heterocycles. The number of carbonyl (C=O) groups excluding carboxylic acids is 2. The van der Waals surface area contributed by atoms with Crippen molar-refractivity contribution in [2.75, 3.05) is 26.2 Å². The second-order valence-corrected chi connectivity index (χ2v) is 4.98. The van der Waals surface area contributed by atoms with E-state index in [0.717, 1.165) is 0 Å². The van der Waals surface area contributed by atoms with Crippen molar-refractivity contribution >= 4 is 11.9 Å². The molecule has 0 atom stereocenters. The number of nitrogens with zero attached hydrogens (tertiary/aromatic N) is 2. The maximum atomic E-state index is 11.9. The van der Waals surface area contributed by atoms with Gasteiger partial charge in [-0.3, -0.25) is 10.2 Å². The third-order valence-corrected chi connectivity index (χ3v) is 2.62. The molecule has 1 saturated heterocycles. The number of hydrogen-bond donors (Lipinski definition) is 2. The third kappa shape index (κ3) is 2.85. The summed E-state index contributed by atoms with van der Waals surface area (Å²) < 4.78 is 0. The summed E-state index contributed by atoms with van der Waals surface area (Å²) in [4.78, 5) is 26.6. The number of piperazine rings is 1. The highest BCUT2D eigenvalue weighted by molar-refractivity contribution is 5.82. The molecule has 6 heteroatoms. The van der Waals surface area contributed by atoms with Crippen LogP contribution in [0.2, 0.25) is 0 Å². The molecule has 0 saturated carbocycles. The molecule has 1 aliphatic heterocycles. The Morgan fingerprint density at radius 1 is 1.06 bits per heavy atom. The molecule has 1 fully saturated rings. The van der Waals surface area contributed by atoms with Gasteiger partial charge in [-0.2, -0.15) is 0 Å². The first-order chi connectivity index (χ1) is 7.36. The van der Waals surface area contributed by atoms with Gasteiger partial charge in [-0.05, 0) is 0 Å². The molecule has 0 aliphatic carbocycles. The highest BCUT2D eigenvalue weighted by Crippen LogP contribution is 2.18. The monoisotopic (exact) mass is 228 g/mol. The van der Waals surface area contributed by atoms with Crippen molar-refractivity contribution in [2.45, 2.75) is 20.8 Å². The van der Waals surface area contributed by atoms with Crippen molar-refractivity contribution < 1.29 is 9.59 Å². The standard InChI is InChI=1S/C10H20N4O2/c1-10(2,3)8(15)13-4-6-14(7-5-13)9(16)12-11/h4-7,11H2,1-3H3,(H,12,16). The fourth-order valence-electron chi connectivity index (χ4n) is 1.68. The predicted octanol–water partition coefficient (Wildman–Crippen LogP) is -0.240. The van der Waals surface area contributed by atoms with E-state index in [4.69, 9.17) is 5.84 Å². The van der Waals surface area contributed by atoms with E-state index in [1.54, 1.807) is 9.80 Å². The van der Waals surface area contributed by atoms with Crippen LogP contribution in [0.1, 0.15) is 20.8 Å². The molecule has 1 aliphatic rings. The summed E-state index contributed by atoms with van der Waals surface area (Å²) in [5.74, 6) is 5.17. The Balaban J connectivity index is 2.49. The van der Waals surface area contributed by atoms with Gasteiger partial charge in [0.05, 0.1) is 0 Å². The van der Waals surface area contributed by atoms with Crippen molar-refractivity contribution in [2.24, 2.45) is 11.3 Å². The lowest BCUT2D eigenvalue weighted by Crippen LogP contribution is -2.55. The molecule has 6 nitrogen and oxygen atoms in total. The molecule has 0 spiro atoms. The molecular formula is C10H20N4O2. The molecule has 0 aromatic heterocycles. The molecule has 0 aromatic carbocycles. The Hall–Kier alpha value is -1.30. The fraction of sp³-hybridized carbons (Fsp3) is 0.800. The molecular weight excluding hydrogens is 208 g/mol. The molecule has 0 bridgehead atoms. The number of nitrogens with one attached hydrogen (secondary N) is 1. The molecule has 1 rings (SSSR count). The summed E-state index contributed by atoms with van der Waals surface area (Å²) in [6, 6.07) is -0.289. The largest absolute Gasteiger partial charge is 0.339 e. The van der Waals surface area contributed by atoms with Gasteiger partial charge < -0.3 is 9.80 Å². The van der Waals surface area contributed by atoms with E-state index in [9.17, 15) is 9.59 Å². The predicted molar refractivity (Wildman–Crippen MR) is 60.3 cm³/mol. The first-order valence-corrected chi connectivity index (χ1v) is 5.41. The van der Waals surface area contributed by atoms with Crippen molar-refractivity contribution in [1.29, 1.82) is 0 Å². The number of carbonyl (C=O) groups is 2. The van der Waals surface area contributed by atoms with E-state index in [1.807, 2.05) is 20.8 Å².